The maximum Gasteiger partial charge on any atom is 0.262 e. The second-order valence-electron chi connectivity index (χ2n) is 9.91. The fourth-order valence-electron chi connectivity index (χ4n) is 5.56. The highest BCUT2D eigenvalue weighted by molar-refractivity contribution is 6.51. The molecule has 2 aromatic carbocycles. The van der Waals surface area contributed by atoms with Crippen molar-refractivity contribution in [2.75, 3.05) is 6.54 Å². The van der Waals surface area contributed by atoms with E-state index in [0.29, 0.717) is 30.5 Å². The summed E-state index contributed by atoms with van der Waals surface area (Å²) in [7, 11) is 0. The van der Waals surface area contributed by atoms with Crippen molar-refractivity contribution in [2.24, 2.45) is 0 Å². The SMILES string of the molecule is CCC(=O)CCCCCCN1C(=O)C(c2c(C)[nH]c3ccccc23)=C(c2c(C)[nH]c3ccccc23)C1=O. The summed E-state index contributed by atoms with van der Waals surface area (Å²) in [4.78, 5) is 47.8. The number of hydrogen-bond donors (Lipinski definition) is 2. The lowest BCUT2D eigenvalue weighted by molar-refractivity contribution is -0.136. The zero-order valence-corrected chi connectivity index (χ0v) is 21.7. The number of ketones is 1. The predicted octanol–water partition coefficient (Wildman–Crippen LogP) is 6.48. The number of H-pyrrole nitrogens is 2. The number of carbonyl (C=O) groups excluding carboxylic acids is 3. The average Bonchev–Trinajstić information content (AvgIpc) is 3.48. The van der Waals surface area contributed by atoms with Crippen LogP contribution in [0.4, 0.5) is 0 Å². The van der Waals surface area contributed by atoms with E-state index in [-0.39, 0.29) is 17.6 Å². The van der Waals surface area contributed by atoms with Gasteiger partial charge in [0.15, 0.2) is 0 Å². The van der Waals surface area contributed by atoms with E-state index in [4.69, 9.17) is 0 Å². The summed E-state index contributed by atoms with van der Waals surface area (Å²) in [6.45, 7) is 6.18. The quantitative estimate of drug-likeness (QED) is 0.195. The van der Waals surface area contributed by atoms with Crippen LogP contribution in [-0.2, 0) is 14.4 Å². The molecule has 0 atom stereocenters. The van der Waals surface area contributed by atoms with E-state index in [1.165, 1.54) is 4.90 Å². The fraction of sp³-hybridized carbons (Fsp3) is 0.323. The van der Waals surface area contributed by atoms with Crippen LogP contribution in [0.15, 0.2) is 48.5 Å². The molecule has 0 fully saturated rings. The molecule has 0 aliphatic carbocycles. The predicted molar refractivity (Wildman–Crippen MR) is 148 cm³/mol. The maximum atomic E-state index is 14.0. The molecule has 0 saturated carbocycles. The van der Waals surface area contributed by atoms with Crippen LogP contribution in [0.25, 0.3) is 33.0 Å². The van der Waals surface area contributed by atoms with Crippen molar-refractivity contribution in [3.63, 3.8) is 0 Å². The van der Waals surface area contributed by atoms with Crippen LogP contribution in [0.5, 0.6) is 0 Å². The summed E-state index contributed by atoms with van der Waals surface area (Å²) in [5, 5.41) is 1.88. The van der Waals surface area contributed by atoms with Gasteiger partial charge in [0.2, 0.25) is 0 Å². The minimum atomic E-state index is -0.237. The van der Waals surface area contributed by atoms with Crippen LogP contribution in [-0.4, -0.2) is 39.0 Å². The number of carbonyl (C=O) groups is 3. The van der Waals surface area contributed by atoms with Gasteiger partial charge in [-0.05, 0) is 38.8 Å². The summed E-state index contributed by atoms with van der Waals surface area (Å²) in [5.41, 5.74) is 6.17. The summed E-state index contributed by atoms with van der Waals surface area (Å²) in [6.07, 6.45) is 4.54. The van der Waals surface area contributed by atoms with Gasteiger partial charge >= 0.3 is 0 Å². The lowest BCUT2D eigenvalue weighted by Crippen LogP contribution is -2.32. The Morgan fingerprint density at radius 1 is 0.730 bits per heavy atom. The Morgan fingerprint density at radius 2 is 1.22 bits per heavy atom. The van der Waals surface area contributed by atoms with E-state index < -0.39 is 0 Å². The van der Waals surface area contributed by atoms with E-state index >= 15 is 0 Å². The molecule has 2 aromatic heterocycles. The molecule has 1 aliphatic rings. The van der Waals surface area contributed by atoms with Gasteiger partial charge in [-0.2, -0.15) is 0 Å². The lowest BCUT2D eigenvalue weighted by atomic mass is 9.93. The number of imide groups is 1. The number of rotatable bonds is 10. The van der Waals surface area contributed by atoms with Gasteiger partial charge < -0.3 is 9.97 Å². The number of unbranched alkanes of at least 4 members (excludes halogenated alkanes) is 3. The van der Waals surface area contributed by atoms with E-state index in [1.807, 2.05) is 69.3 Å². The molecule has 6 heteroatoms. The van der Waals surface area contributed by atoms with Gasteiger partial charge in [-0.25, -0.2) is 0 Å². The molecule has 0 bridgehead atoms. The largest absolute Gasteiger partial charge is 0.358 e. The molecule has 0 spiro atoms. The monoisotopic (exact) mass is 495 g/mol. The van der Waals surface area contributed by atoms with E-state index in [0.717, 1.165) is 70.0 Å². The summed E-state index contributed by atoms with van der Waals surface area (Å²) < 4.78 is 0. The van der Waals surface area contributed by atoms with Crippen molar-refractivity contribution >= 4 is 50.5 Å². The number of hydrogen-bond acceptors (Lipinski definition) is 3. The van der Waals surface area contributed by atoms with E-state index in [2.05, 4.69) is 9.97 Å². The van der Waals surface area contributed by atoms with Gasteiger partial charge in [0.1, 0.15) is 5.78 Å². The maximum absolute atomic E-state index is 14.0. The highest BCUT2D eigenvalue weighted by Crippen LogP contribution is 2.43. The molecule has 1 aliphatic heterocycles. The third-order valence-electron chi connectivity index (χ3n) is 7.44. The number of fused-ring (bicyclic) bond motifs is 2. The van der Waals surface area contributed by atoms with Gasteiger partial charge in [0.05, 0.1) is 11.1 Å². The Kier molecular flexibility index (Phi) is 6.83. The number of para-hydroxylation sites is 2. The lowest BCUT2D eigenvalue weighted by Gasteiger charge is -2.15. The Balaban J connectivity index is 1.54. The summed E-state index contributed by atoms with van der Waals surface area (Å²) in [6, 6.07) is 15.8. The first-order chi connectivity index (χ1) is 17.9. The molecule has 2 amide bonds. The van der Waals surface area contributed by atoms with Crippen LogP contribution in [0.2, 0.25) is 0 Å². The number of aryl methyl sites for hydroxylation is 2. The van der Waals surface area contributed by atoms with Crippen LogP contribution in [0, 0.1) is 13.8 Å². The average molecular weight is 496 g/mol. The summed E-state index contributed by atoms with van der Waals surface area (Å²) >= 11 is 0. The molecule has 4 aromatic rings. The van der Waals surface area contributed by atoms with E-state index in [9.17, 15) is 14.4 Å². The molecular formula is C31H33N3O3. The number of nitrogens with one attached hydrogen (secondary N) is 2. The molecule has 6 nitrogen and oxygen atoms in total. The number of aromatic nitrogens is 2. The highest BCUT2D eigenvalue weighted by atomic mass is 16.2. The minimum absolute atomic E-state index is 0.237. The third-order valence-corrected chi connectivity index (χ3v) is 7.44. The topological polar surface area (TPSA) is 86.0 Å². The Bertz CT molecular complexity index is 1450. The van der Waals surface area contributed by atoms with E-state index in [1.54, 1.807) is 0 Å². The standard InChI is InChI=1S/C31H33N3O3/c1-4-21(35)13-7-5-6-12-18-34-30(36)28(26-19(2)32-24-16-10-8-14-22(24)26)29(31(34)37)27-20(3)33-25-17-11-9-15-23(25)27/h8-11,14-17,32-33H,4-7,12-13,18H2,1-3H3. The highest BCUT2D eigenvalue weighted by Gasteiger charge is 2.42. The molecule has 0 saturated heterocycles. The van der Waals surface area contributed by atoms with Crippen molar-refractivity contribution in [3.05, 3.63) is 71.0 Å². The first kappa shape index (κ1) is 24.8. The van der Waals surface area contributed by atoms with Gasteiger partial charge in [-0.3, -0.25) is 19.3 Å². The van der Waals surface area contributed by atoms with Crippen molar-refractivity contribution in [2.45, 2.75) is 59.3 Å². The number of amides is 2. The Labute approximate surface area is 216 Å². The van der Waals surface area contributed by atoms with Gasteiger partial charge in [-0.1, -0.05) is 56.2 Å². The molecule has 3 heterocycles. The van der Waals surface area contributed by atoms with Crippen LogP contribution < -0.4 is 0 Å². The van der Waals surface area contributed by atoms with Crippen LogP contribution in [0.3, 0.4) is 0 Å². The summed E-state index contributed by atoms with van der Waals surface area (Å²) in [5.74, 6) is -0.191. The number of nitrogens with zero attached hydrogens (tertiary/aromatic N) is 1. The molecule has 190 valence electrons. The van der Waals surface area contributed by atoms with Crippen molar-refractivity contribution in [1.29, 1.82) is 0 Å². The van der Waals surface area contributed by atoms with Gasteiger partial charge in [0, 0.05) is 63.7 Å². The fourth-order valence-corrected chi connectivity index (χ4v) is 5.56. The first-order valence-electron chi connectivity index (χ1n) is 13.2. The molecule has 2 N–H and O–H groups in total. The van der Waals surface area contributed by atoms with Crippen molar-refractivity contribution in [3.8, 4) is 0 Å². The number of benzene rings is 2. The van der Waals surface area contributed by atoms with Crippen LogP contribution in [0.1, 0.15) is 68.0 Å². The number of Topliss-reactive ketones (excluding diaryl/α,β-unsaturated/α-hetero) is 1. The molecule has 0 radical (unpaired) electrons. The van der Waals surface area contributed by atoms with Crippen molar-refractivity contribution in [1.82, 2.24) is 14.9 Å². The second kappa shape index (κ2) is 10.2. The number of aromatic amines is 2. The normalized spacial score (nSPS) is 14.1. The minimum Gasteiger partial charge on any atom is -0.358 e. The smallest absolute Gasteiger partial charge is 0.262 e. The van der Waals surface area contributed by atoms with Crippen LogP contribution >= 0.6 is 0 Å². The second-order valence-corrected chi connectivity index (χ2v) is 9.91. The van der Waals surface area contributed by atoms with Gasteiger partial charge in [-0.15, -0.1) is 0 Å². The molecule has 37 heavy (non-hydrogen) atoms. The molecule has 0 unspecified atom stereocenters. The third kappa shape index (κ3) is 4.41. The molecule has 5 rings (SSSR count). The zero-order valence-electron chi connectivity index (χ0n) is 21.7. The molecular weight excluding hydrogens is 462 g/mol. The first-order valence-corrected chi connectivity index (χ1v) is 13.2. The zero-order chi connectivity index (χ0) is 26.1. The van der Waals surface area contributed by atoms with Gasteiger partial charge in [0.25, 0.3) is 11.8 Å². The van der Waals surface area contributed by atoms with Crippen molar-refractivity contribution < 1.29 is 14.4 Å². The Morgan fingerprint density at radius 3 is 1.73 bits per heavy atom. The Hall–Kier alpha value is -3.93.